The van der Waals surface area contributed by atoms with Crippen LogP contribution in [0.25, 0.3) is 0 Å². The monoisotopic (exact) mass is 283 g/mol. The van der Waals surface area contributed by atoms with Gasteiger partial charge in [0.1, 0.15) is 5.82 Å². The van der Waals surface area contributed by atoms with Crippen LogP contribution in [0.5, 0.6) is 0 Å². The van der Waals surface area contributed by atoms with Crippen molar-refractivity contribution in [2.24, 2.45) is 0 Å². The lowest BCUT2D eigenvalue weighted by Crippen LogP contribution is -2.29. The summed E-state index contributed by atoms with van der Waals surface area (Å²) < 4.78 is 13.8. The van der Waals surface area contributed by atoms with Gasteiger partial charge in [-0.25, -0.2) is 4.39 Å². The van der Waals surface area contributed by atoms with Crippen LogP contribution in [0.2, 0.25) is 0 Å². The molecule has 3 heteroatoms. The third-order valence-electron chi connectivity index (χ3n) is 4.06. The number of hydrogen-bond acceptors (Lipinski definition) is 2. The van der Waals surface area contributed by atoms with Gasteiger partial charge in [-0.3, -0.25) is 4.79 Å². The minimum atomic E-state index is -0.463. The van der Waals surface area contributed by atoms with Crippen molar-refractivity contribution in [2.45, 2.75) is 19.8 Å². The van der Waals surface area contributed by atoms with Crippen molar-refractivity contribution in [3.05, 3.63) is 65.0 Å². The molecule has 0 fully saturated rings. The number of ketones is 1. The van der Waals surface area contributed by atoms with Gasteiger partial charge in [-0.2, -0.15) is 0 Å². The van der Waals surface area contributed by atoms with E-state index in [0.29, 0.717) is 5.56 Å². The van der Waals surface area contributed by atoms with Gasteiger partial charge < -0.3 is 4.90 Å². The molecule has 1 heterocycles. The molecule has 0 atom stereocenters. The number of aryl methyl sites for hydroxylation is 1. The second-order valence-electron chi connectivity index (χ2n) is 5.34. The highest BCUT2D eigenvalue weighted by Gasteiger charge is 2.19. The van der Waals surface area contributed by atoms with Gasteiger partial charge in [-0.1, -0.05) is 12.1 Å². The van der Waals surface area contributed by atoms with Crippen LogP contribution in [0.3, 0.4) is 0 Å². The zero-order valence-electron chi connectivity index (χ0n) is 12.1. The zero-order valence-corrected chi connectivity index (χ0v) is 12.1. The molecule has 3 rings (SSSR count). The first kappa shape index (κ1) is 13.8. The van der Waals surface area contributed by atoms with E-state index in [-0.39, 0.29) is 11.3 Å². The Morgan fingerprint density at radius 1 is 1.24 bits per heavy atom. The van der Waals surface area contributed by atoms with Gasteiger partial charge in [-0.05, 0) is 55.7 Å². The van der Waals surface area contributed by atoms with Gasteiger partial charge in [0.15, 0.2) is 5.78 Å². The minimum absolute atomic E-state index is 0.139. The lowest BCUT2D eigenvalue weighted by atomic mass is 9.95. The molecule has 1 aliphatic rings. The molecule has 2 aromatic rings. The maximum absolute atomic E-state index is 13.8. The Balaban J connectivity index is 1.97. The Morgan fingerprint density at radius 3 is 2.81 bits per heavy atom. The molecule has 0 N–H and O–H groups in total. The molecule has 0 saturated carbocycles. The molecular formula is C18H18FNO. The van der Waals surface area contributed by atoms with E-state index < -0.39 is 5.82 Å². The third kappa shape index (κ3) is 2.56. The zero-order chi connectivity index (χ0) is 14.8. The van der Waals surface area contributed by atoms with E-state index in [2.05, 4.69) is 11.8 Å². The van der Waals surface area contributed by atoms with Crippen molar-refractivity contribution in [3.63, 3.8) is 0 Å². The normalized spacial score (nSPS) is 13.9. The van der Waals surface area contributed by atoms with Crippen LogP contribution >= 0.6 is 0 Å². The summed E-state index contributed by atoms with van der Waals surface area (Å²) in [6.07, 6.45) is 2.07. The Hall–Kier alpha value is -2.16. The van der Waals surface area contributed by atoms with Crippen molar-refractivity contribution in [2.75, 3.05) is 18.0 Å². The standard InChI is InChI=1S/C18H18FNO/c1-2-20-11-5-6-13-12-14(9-10-17(13)20)18(21)15-7-3-4-8-16(15)19/h3-4,7-10,12H,2,5-6,11H2,1H3. The van der Waals surface area contributed by atoms with Crippen molar-refractivity contribution in [1.82, 2.24) is 0 Å². The van der Waals surface area contributed by atoms with Crippen LogP contribution in [0.15, 0.2) is 42.5 Å². The summed E-state index contributed by atoms with van der Waals surface area (Å²) in [4.78, 5) is 14.8. The molecule has 1 aliphatic heterocycles. The second kappa shape index (κ2) is 5.68. The summed E-state index contributed by atoms with van der Waals surface area (Å²) in [5, 5.41) is 0. The van der Waals surface area contributed by atoms with Crippen molar-refractivity contribution >= 4 is 11.5 Å². The highest BCUT2D eigenvalue weighted by Crippen LogP contribution is 2.28. The van der Waals surface area contributed by atoms with Crippen LogP contribution < -0.4 is 4.90 Å². The molecule has 0 amide bonds. The van der Waals surface area contributed by atoms with E-state index in [4.69, 9.17) is 0 Å². The molecule has 0 spiro atoms. The van der Waals surface area contributed by atoms with Gasteiger partial charge in [0, 0.05) is 24.3 Å². The van der Waals surface area contributed by atoms with Crippen LogP contribution in [0.1, 0.15) is 34.8 Å². The molecule has 0 saturated heterocycles. The van der Waals surface area contributed by atoms with E-state index in [1.54, 1.807) is 12.1 Å². The Labute approximate surface area is 124 Å². The van der Waals surface area contributed by atoms with Crippen LogP contribution in [-0.2, 0) is 6.42 Å². The van der Waals surface area contributed by atoms with Crippen LogP contribution in [0.4, 0.5) is 10.1 Å². The summed E-state index contributed by atoms with van der Waals surface area (Å²) in [6.45, 7) is 4.16. The topological polar surface area (TPSA) is 20.3 Å². The summed E-state index contributed by atoms with van der Waals surface area (Å²) in [6, 6.07) is 11.9. The summed E-state index contributed by atoms with van der Waals surface area (Å²) >= 11 is 0. The predicted octanol–water partition coefficient (Wildman–Crippen LogP) is 3.83. The third-order valence-corrected chi connectivity index (χ3v) is 4.06. The predicted molar refractivity (Wildman–Crippen MR) is 82.5 cm³/mol. The van der Waals surface area contributed by atoms with Gasteiger partial charge in [-0.15, -0.1) is 0 Å². The number of anilines is 1. The molecule has 0 aromatic heterocycles. The highest BCUT2D eigenvalue weighted by molar-refractivity contribution is 6.09. The summed E-state index contributed by atoms with van der Waals surface area (Å²) in [7, 11) is 0. The number of nitrogens with zero attached hydrogens (tertiary/aromatic N) is 1. The number of carbonyl (C=O) groups is 1. The average molecular weight is 283 g/mol. The molecule has 2 nitrogen and oxygen atoms in total. The molecule has 0 aliphatic carbocycles. The number of fused-ring (bicyclic) bond motifs is 1. The highest BCUT2D eigenvalue weighted by atomic mass is 19.1. The Bertz CT molecular complexity index is 681. The van der Waals surface area contributed by atoms with E-state index >= 15 is 0 Å². The summed E-state index contributed by atoms with van der Waals surface area (Å²) in [5.74, 6) is -0.708. The van der Waals surface area contributed by atoms with Crippen molar-refractivity contribution in [1.29, 1.82) is 0 Å². The molecule has 2 aromatic carbocycles. The Kier molecular flexibility index (Phi) is 3.74. The number of carbonyl (C=O) groups excluding carboxylic acids is 1. The number of hydrogen-bond donors (Lipinski definition) is 0. The van der Waals surface area contributed by atoms with Crippen molar-refractivity contribution < 1.29 is 9.18 Å². The molecule has 0 radical (unpaired) electrons. The first-order valence-electron chi connectivity index (χ1n) is 7.38. The fourth-order valence-electron chi connectivity index (χ4n) is 2.95. The largest absolute Gasteiger partial charge is 0.372 e. The van der Waals surface area contributed by atoms with Gasteiger partial charge in [0.05, 0.1) is 5.56 Å². The van der Waals surface area contributed by atoms with E-state index in [1.165, 1.54) is 23.4 Å². The van der Waals surface area contributed by atoms with Gasteiger partial charge in [0.2, 0.25) is 0 Å². The average Bonchev–Trinajstić information content (AvgIpc) is 2.53. The number of benzene rings is 2. The quantitative estimate of drug-likeness (QED) is 0.798. The minimum Gasteiger partial charge on any atom is -0.372 e. The van der Waals surface area contributed by atoms with Gasteiger partial charge >= 0.3 is 0 Å². The number of halogens is 1. The fraction of sp³-hybridized carbons (Fsp3) is 0.278. The van der Waals surface area contributed by atoms with E-state index in [9.17, 15) is 9.18 Å². The van der Waals surface area contributed by atoms with E-state index in [0.717, 1.165) is 25.9 Å². The lowest BCUT2D eigenvalue weighted by Gasteiger charge is -2.30. The molecular weight excluding hydrogens is 265 g/mol. The molecule has 0 unspecified atom stereocenters. The first-order chi connectivity index (χ1) is 10.2. The lowest BCUT2D eigenvalue weighted by molar-refractivity contribution is 0.103. The van der Waals surface area contributed by atoms with Crippen molar-refractivity contribution in [3.8, 4) is 0 Å². The fourth-order valence-corrected chi connectivity index (χ4v) is 2.95. The summed E-state index contributed by atoms with van der Waals surface area (Å²) in [5.41, 5.74) is 3.09. The van der Waals surface area contributed by atoms with Crippen LogP contribution in [-0.4, -0.2) is 18.9 Å². The molecule has 0 bridgehead atoms. The van der Waals surface area contributed by atoms with Crippen LogP contribution in [0, 0.1) is 5.82 Å². The van der Waals surface area contributed by atoms with E-state index in [1.807, 2.05) is 18.2 Å². The maximum Gasteiger partial charge on any atom is 0.195 e. The molecule has 21 heavy (non-hydrogen) atoms. The second-order valence-corrected chi connectivity index (χ2v) is 5.34. The first-order valence-corrected chi connectivity index (χ1v) is 7.38. The Morgan fingerprint density at radius 2 is 2.05 bits per heavy atom. The van der Waals surface area contributed by atoms with Gasteiger partial charge in [0.25, 0.3) is 0 Å². The maximum atomic E-state index is 13.8. The smallest absolute Gasteiger partial charge is 0.195 e. The number of rotatable bonds is 3. The molecule has 108 valence electrons. The SMILES string of the molecule is CCN1CCCc2cc(C(=O)c3ccccc3F)ccc21.